The molecule has 0 bridgehead atoms. The van der Waals surface area contributed by atoms with Crippen LogP contribution in [-0.2, 0) is 56.0 Å². The number of carbonyl (C=O) groups excluding carboxylic acids is 8. The van der Waals surface area contributed by atoms with Crippen LogP contribution in [0, 0.1) is 11.8 Å². The van der Waals surface area contributed by atoms with Crippen LogP contribution >= 0.6 is 0 Å². The molecule has 1 aromatic heterocycles. The van der Waals surface area contributed by atoms with Gasteiger partial charge in [0.2, 0.25) is 47.3 Å². The molecule has 1 aliphatic heterocycles. The van der Waals surface area contributed by atoms with Gasteiger partial charge in [-0.15, -0.1) is 0 Å². The molecule has 368 valence electrons. The monoisotopic (exact) mass is 939 g/mol. The lowest BCUT2D eigenvalue weighted by atomic mass is 9.97. The number of carboxylic acid groups (broad SMARTS) is 1. The number of aromatic amines is 1. The molecule has 1 fully saturated rings. The highest BCUT2D eigenvalue weighted by molar-refractivity contribution is 5.97. The number of hydrogen-bond donors (Lipinski definition) is 12. The number of nitrogens with zero attached hydrogens (tertiary/aromatic N) is 3. The first-order chi connectivity index (χ1) is 31.8. The predicted octanol–water partition coefficient (Wildman–Crippen LogP) is -3.36. The van der Waals surface area contributed by atoms with Gasteiger partial charge >= 0.3 is 5.97 Å². The third kappa shape index (κ3) is 18.0. The Bertz CT molecular complexity index is 2030. The summed E-state index contributed by atoms with van der Waals surface area (Å²) in [6.45, 7) is 5.67. The Hall–Kier alpha value is -7.11. The number of hydrogen-bond acceptors (Lipinski definition) is 12. The van der Waals surface area contributed by atoms with Gasteiger partial charge in [-0.2, -0.15) is 0 Å². The molecule has 8 amide bonds. The largest absolute Gasteiger partial charge is 0.480 e. The predicted molar refractivity (Wildman–Crippen MR) is 244 cm³/mol. The standard InChI is InChI=1S/C43H66N14O10/c1-5-25(4)36(55-34(60)22-50-39(63)35(24(2)3)56-37(61)28(52-32(58)19-44)13-9-15-48-43(45)46)40(64)54-29(18-27-20-47-23-51-27)41(65)57-16-10-14-31(57)38(62)49-21-33(59)53-30(42(66)67)17-26-11-7-6-8-12-26/h6-8,11-12,20,23-25,28-31,35-36H,5,9-10,13-19,21-22,44H2,1-4H3,(H,47,51)(H,49,62)(H,50,63)(H,52,58)(H,53,59)(H,54,64)(H,55,60)(H,56,61)(H,66,67)(H4,45,46,48)/t25-,28-,29-,30-,31-,35-,36-/m0/s1. The summed E-state index contributed by atoms with van der Waals surface area (Å²) in [4.78, 5) is 131. The summed E-state index contributed by atoms with van der Waals surface area (Å²) >= 11 is 0. The van der Waals surface area contributed by atoms with Gasteiger partial charge in [-0.05, 0) is 43.1 Å². The fourth-order valence-corrected chi connectivity index (χ4v) is 7.18. The molecule has 7 atom stereocenters. The van der Waals surface area contributed by atoms with Crippen LogP contribution in [-0.4, -0.2) is 148 Å². The molecular formula is C43H66N14O10. The zero-order valence-electron chi connectivity index (χ0n) is 38.3. The third-order valence-electron chi connectivity index (χ3n) is 11.0. The molecule has 0 unspecified atom stereocenters. The van der Waals surface area contributed by atoms with E-state index < -0.39 is 114 Å². The lowest BCUT2D eigenvalue weighted by molar-refractivity contribution is -0.143. The number of nitrogens with one attached hydrogen (secondary N) is 8. The summed E-state index contributed by atoms with van der Waals surface area (Å²) in [5.74, 6) is -7.78. The first kappa shape index (κ1) is 54.2. The number of rotatable bonds is 27. The molecule has 0 radical (unpaired) electrons. The third-order valence-corrected chi connectivity index (χ3v) is 11.0. The minimum atomic E-state index is -1.25. The number of benzene rings is 1. The Kier molecular flexibility index (Phi) is 22.2. The molecule has 2 heterocycles. The number of likely N-dealkylation sites (tertiary alicyclic amines) is 1. The number of aliphatic carboxylic acids is 1. The fraction of sp³-hybridized carbons (Fsp3) is 0.558. The van der Waals surface area contributed by atoms with E-state index in [0.717, 1.165) is 0 Å². The van der Waals surface area contributed by atoms with E-state index in [1.807, 2.05) is 0 Å². The van der Waals surface area contributed by atoms with Gasteiger partial charge in [0.05, 0.1) is 26.0 Å². The number of carbonyl (C=O) groups is 9. The van der Waals surface area contributed by atoms with Gasteiger partial charge < -0.3 is 69.4 Å². The average molecular weight is 939 g/mol. The molecule has 24 heteroatoms. The summed E-state index contributed by atoms with van der Waals surface area (Å²) in [5.41, 5.74) is 17.3. The molecule has 67 heavy (non-hydrogen) atoms. The number of nitrogens with two attached hydrogens (primary N) is 3. The van der Waals surface area contributed by atoms with Gasteiger partial charge in [0.15, 0.2) is 5.96 Å². The lowest BCUT2D eigenvalue weighted by Gasteiger charge is -2.30. The molecule has 15 N–H and O–H groups in total. The SMILES string of the molecule is CC[C@H](C)[C@H](NC(=O)CNC(=O)[C@@H](NC(=O)[C@H](CCCN=C(N)N)NC(=O)CN)C(C)C)C(=O)N[C@@H](Cc1cnc[nH]1)C(=O)N1CCC[C@H]1C(=O)NCC(=O)N[C@@H](Cc1ccccc1)C(=O)O. The van der Waals surface area contributed by atoms with Crippen molar-refractivity contribution < 1.29 is 48.3 Å². The van der Waals surface area contributed by atoms with E-state index in [2.05, 4.69) is 52.2 Å². The highest BCUT2D eigenvalue weighted by atomic mass is 16.4. The van der Waals surface area contributed by atoms with Crippen molar-refractivity contribution in [1.82, 2.24) is 52.1 Å². The van der Waals surface area contributed by atoms with Crippen molar-refractivity contribution in [3.63, 3.8) is 0 Å². The molecule has 1 aromatic carbocycles. The molecule has 0 spiro atoms. The molecule has 3 rings (SSSR count). The Morgan fingerprint density at radius 2 is 1.49 bits per heavy atom. The van der Waals surface area contributed by atoms with Crippen LogP contribution in [0.15, 0.2) is 47.8 Å². The van der Waals surface area contributed by atoms with E-state index in [1.54, 1.807) is 58.0 Å². The molecule has 0 saturated carbocycles. The fourth-order valence-electron chi connectivity index (χ4n) is 7.18. The second-order valence-corrected chi connectivity index (χ2v) is 16.5. The highest BCUT2D eigenvalue weighted by Crippen LogP contribution is 2.20. The topological polar surface area (TPSA) is 380 Å². The Labute approximate surface area is 388 Å². The number of amides is 8. The van der Waals surface area contributed by atoms with Crippen LogP contribution in [0.25, 0.3) is 0 Å². The highest BCUT2D eigenvalue weighted by Gasteiger charge is 2.39. The van der Waals surface area contributed by atoms with Gasteiger partial charge in [-0.3, -0.25) is 43.3 Å². The Balaban J connectivity index is 1.67. The van der Waals surface area contributed by atoms with Crippen LogP contribution in [0.2, 0.25) is 0 Å². The molecule has 1 aliphatic rings. The van der Waals surface area contributed by atoms with Crippen molar-refractivity contribution in [2.24, 2.45) is 34.0 Å². The molecular weight excluding hydrogens is 873 g/mol. The summed E-state index contributed by atoms with van der Waals surface area (Å²) in [5, 5.41) is 27.6. The van der Waals surface area contributed by atoms with Gasteiger partial charge in [-0.1, -0.05) is 64.4 Å². The van der Waals surface area contributed by atoms with Gasteiger partial charge in [-0.25, -0.2) is 9.78 Å². The van der Waals surface area contributed by atoms with E-state index in [0.29, 0.717) is 30.5 Å². The summed E-state index contributed by atoms with van der Waals surface area (Å²) in [6.07, 6.45) is 4.36. The molecule has 1 saturated heterocycles. The van der Waals surface area contributed by atoms with Crippen LogP contribution in [0.4, 0.5) is 0 Å². The van der Waals surface area contributed by atoms with Crippen LogP contribution in [0.3, 0.4) is 0 Å². The zero-order chi connectivity index (χ0) is 49.6. The summed E-state index contributed by atoms with van der Waals surface area (Å²) < 4.78 is 0. The molecule has 24 nitrogen and oxygen atoms in total. The van der Waals surface area contributed by atoms with E-state index in [9.17, 15) is 48.3 Å². The van der Waals surface area contributed by atoms with Gasteiger partial charge in [0.1, 0.15) is 36.3 Å². The molecule has 2 aromatic rings. The van der Waals surface area contributed by atoms with Crippen molar-refractivity contribution >= 4 is 59.2 Å². The van der Waals surface area contributed by atoms with E-state index in [4.69, 9.17) is 17.2 Å². The van der Waals surface area contributed by atoms with Crippen LogP contribution in [0.1, 0.15) is 71.1 Å². The number of aliphatic imine (C=N–C) groups is 1. The number of guanidine groups is 1. The number of H-pyrrole nitrogens is 1. The van der Waals surface area contributed by atoms with Crippen LogP contribution < -0.4 is 54.4 Å². The maximum Gasteiger partial charge on any atom is 0.326 e. The first-order valence-corrected chi connectivity index (χ1v) is 22.2. The van der Waals surface area contributed by atoms with Crippen molar-refractivity contribution in [2.45, 2.75) is 109 Å². The second kappa shape index (κ2) is 27.4. The van der Waals surface area contributed by atoms with Crippen molar-refractivity contribution in [3.8, 4) is 0 Å². The zero-order valence-corrected chi connectivity index (χ0v) is 38.3. The number of imidazole rings is 1. The average Bonchev–Trinajstić information content (AvgIpc) is 4.01. The Morgan fingerprint density at radius 3 is 2.10 bits per heavy atom. The van der Waals surface area contributed by atoms with E-state index >= 15 is 0 Å². The van der Waals surface area contributed by atoms with Gasteiger partial charge in [0, 0.05) is 37.8 Å². The van der Waals surface area contributed by atoms with Crippen molar-refractivity contribution in [2.75, 3.05) is 32.7 Å². The number of carboxylic acids is 1. The molecule has 0 aliphatic carbocycles. The van der Waals surface area contributed by atoms with E-state index in [-0.39, 0.29) is 51.3 Å². The second-order valence-electron chi connectivity index (χ2n) is 16.5. The van der Waals surface area contributed by atoms with Crippen molar-refractivity contribution in [1.29, 1.82) is 0 Å². The minimum Gasteiger partial charge on any atom is -0.480 e. The van der Waals surface area contributed by atoms with E-state index in [1.165, 1.54) is 17.4 Å². The quantitative estimate of drug-likeness (QED) is 0.0237. The first-order valence-electron chi connectivity index (χ1n) is 22.2. The lowest BCUT2D eigenvalue weighted by Crippen LogP contribution is -2.59. The van der Waals surface area contributed by atoms with Gasteiger partial charge in [0.25, 0.3) is 0 Å². The summed E-state index contributed by atoms with van der Waals surface area (Å²) in [7, 11) is 0. The maximum atomic E-state index is 14.3. The summed E-state index contributed by atoms with van der Waals surface area (Å²) in [6, 6.07) is 1.81. The van der Waals surface area contributed by atoms with Crippen LogP contribution in [0.5, 0.6) is 0 Å². The van der Waals surface area contributed by atoms with Crippen molar-refractivity contribution in [3.05, 3.63) is 54.1 Å². The minimum absolute atomic E-state index is 0.0221. The smallest absolute Gasteiger partial charge is 0.326 e. The Morgan fingerprint density at radius 1 is 0.821 bits per heavy atom. The normalized spacial score (nSPS) is 15.9. The number of aromatic nitrogens is 2. The maximum absolute atomic E-state index is 14.3.